The molecule has 240 valence electrons. The Hall–Kier alpha value is -2.88. The van der Waals surface area contributed by atoms with Gasteiger partial charge in [0.15, 0.2) is 0 Å². The van der Waals surface area contributed by atoms with E-state index in [4.69, 9.17) is 4.74 Å². The van der Waals surface area contributed by atoms with Gasteiger partial charge >= 0.3 is 5.97 Å². The lowest BCUT2D eigenvalue weighted by Crippen LogP contribution is -2.58. The lowest BCUT2D eigenvalue weighted by atomic mass is 9.71. The number of fused-ring (bicyclic) bond motifs is 1. The Bertz CT molecular complexity index is 1440. The summed E-state index contributed by atoms with van der Waals surface area (Å²) < 4.78 is 4.93. The fourth-order valence-corrected chi connectivity index (χ4v) is 11.0. The first-order valence-electron chi connectivity index (χ1n) is 15.7. The molecule has 2 aromatic rings. The number of carbonyl (C=O) groups is 3. The molecule has 7 nitrogen and oxygen atoms in total. The van der Waals surface area contributed by atoms with Crippen molar-refractivity contribution < 1.29 is 24.2 Å². The molecular formula is C36H43BrN2O5S. The van der Waals surface area contributed by atoms with Crippen molar-refractivity contribution in [3.63, 3.8) is 0 Å². The van der Waals surface area contributed by atoms with E-state index < -0.39 is 28.7 Å². The van der Waals surface area contributed by atoms with Crippen LogP contribution >= 0.6 is 27.7 Å². The van der Waals surface area contributed by atoms with Crippen LogP contribution in [-0.4, -0.2) is 74.5 Å². The molecule has 7 atom stereocenters. The zero-order valence-electron chi connectivity index (χ0n) is 26.1. The summed E-state index contributed by atoms with van der Waals surface area (Å²) in [6, 6.07) is 14.1. The Kier molecular flexibility index (Phi) is 10.6. The summed E-state index contributed by atoms with van der Waals surface area (Å²) in [5, 5.41) is 10.6. The number of esters is 1. The van der Waals surface area contributed by atoms with Gasteiger partial charge in [-0.2, -0.15) is 0 Å². The van der Waals surface area contributed by atoms with Crippen molar-refractivity contribution >= 4 is 51.2 Å². The maximum atomic E-state index is 15.1. The van der Waals surface area contributed by atoms with Crippen molar-refractivity contribution in [2.75, 3.05) is 24.7 Å². The van der Waals surface area contributed by atoms with Crippen LogP contribution in [0.3, 0.4) is 0 Å². The van der Waals surface area contributed by atoms with E-state index in [0.717, 1.165) is 35.2 Å². The summed E-state index contributed by atoms with van der Waals surface area (Å²) in [7, 11) is 0. The van der Waals surface area contributed by atoms with E-state index in [1.165, 1.54) is 0 Å². The Morgan fingerprint density at radius 2 is 1.93 bits per heavy atom. The van der Waals surface area contributed by atoms with Crippen molar-refractivity contribution in [1.29, 1.82) is 0 Å². The molecule has 0 saturated carbocycles. The fourth-order valence-electron chi connectivity index (χ4n) is 7.40. The molecule has 3 saturated heterocycles. The molecule has 3 aliphatic heterocycles. The number of aliphatic hydroxyl groups is 1. The van der Waals surface area contributed by atoms with Gasteiger partial charge in [0, 0.05) is 22.3 Å². The number of ether oxygens (including phenoxy) is 1. The van der Waals surface area contributed by atoms with E-state index in [0.29, 0.717) is 19.3 Å². The number of nitrogens with zero attached hydrogens (tertiary/aromatic N) is 2. The number of allylic oxidation sites excluding steroid dienone is 1. The van der Waals surface area contributed by atoms with E-state index in [2.05, 4.69) is 29.1 Å². The molecular weight excluding hydrogens is 652 g/mol. The first kappa shape index (κ1) is 33.5. The number of aliphatic hydroxyl groups excluding tert-OH is 1. The first-order chi connectivity index (χ1) is 21.7. The number of unbranched alkanes of at least 4 members (excludes halogenated alkanes) is 2. The second kappa shape index (κ2) is 14.3. The molecule has 1 N–H and O–H groups in total. The Morgan fingerprint density at radius 3 is 2.62 bits per heavy atom. The van der Waals surface area contributed by atoms with Crippen LogP contribution in [0.25, 0.3) is 0 Å². The summed E-state index contributed by atoms with van der Waals surface area (Å²) in [6.07, 6.45) is 6.90. The highest BCUT2D eigenvalue weighted by Crippen LogP contribution is 2.68. The van der Waals surface area contributed by atoms with Gasteiger partial charge in [-0.05, 0) is 68.7 Å². The van der Waals surface area contributed by atoms with Crippen LogP contribution < -0.4 is 4.90 Å². The van der Waals surface area contributed by atoms with Gasteiger partial charge in [-0.1, -0.05) is 70.5 Å². The first-order valence-corrected chi connectivity index (χ1v) is 17.5. The van der Waals surface area contributed by atoms with Crippen LogP contribution in [0, 0.1) is 25.7 Å². The predicted molar refractivity (Wildman–Crippen MR) is 184 cm³/mol. The maximum absolute atomic E-state index is 15.1. The molecule has 3 fully saturated rings. The number of alkyl halides is 1. The molecule has 3 aliphatic rings. The Labute approximate surface area is 279 Å². The lowest BCUT2D eigenvalue weighted by molar-refractivity contribution is -0.154. The monoisotopic (exact) mass is 694 g/mol. The Balaban J connectivity index is 1.57. The minimum absolute atomic E-state index is 0.0737. The van der Waals surface area contributed by atoms with Gasteiger partial charge in [0.1, 0.15) is 6.04 Å². The molecule has 5 rings (SSSR count). The SMILES string of the molecule is C=CCCCCOC(=O)[C@H]1[C@@H]2SC3(CC2Br)C(C(=O)N(CC=C)c2cc(C)ccc2C)N([C@@H](CO)Cc2ccccc2)C(=O)[C@H]13. The van der Waals surface area contributed by atoms with Crippen LogP contribution in [0.2, 0.25) is 0 Å². The second-order valence-electron chi connectivity index (χ2n) is 12.4. The topological polar surface area (TPSA) is 87.2 Å². The third kappa shape index (κ3) is 6.28. The number of amides is 2. The third-order valence-electron chi connectivity index (χ3n) is 9.43. The highest BCUT2D eigenvalue weighted by molar-refractivity contribution is 9.09. The molecule has 2 bridgehead atoms. The van der Waals surface area contributed by atoms with Crippen molar-refractivity contribution in [3.05, 3.63) is 90.5 Å². The number of thioether (sulfide) groups is 1. The van der Waals surface area contributed by atoms with Gasteiger partial charge in [-0.25, -0.2) is 0 Å². The molecule has 2 amide bonds. The van der Waals surface area contributed by atoms with Gasteiger partial charge in [0.2, 0.25) is 5.91 Å². The smallest absolute Gasteiger partial charge is 0.310 e. The number of hydrogen-bond donors (Lipinski definition) is 1. The normalized spacial score (nSPS) is 27.2. The minimum Gasteiger partial charge on any atom is -0.465 e. The summed E-state index contributed by atoms with van der Waals surface area (Å²) in [5.41, 5.74) is 3.66. The average Bonchev–Trinajstić information content (AvgIpc) is 3.63. The van der Waals surface area contributed by atoms with Gasteiger partial charge < -0.3 is 19.6 Å². The molecule has 0 aromatic heterocycles. The molecule has 9 heteroatoms. The zero-order chi connectivity index (χ0) is 32.3. The Morgan fingerprint density at radius 1 is 1.18 bits per heavy atom. The van der Waals surface area contributed by atoms with E-state index in [1.807, 2.05) is 68.5 Å². The average molecular weight is 696 g/mol. The largest absolute Gasteiger partial charge is 0.465 e. The van der Waals surface area contributed by atoms with Crippen LogP contribution in [0.4, 0.5) is 5.69 Å². The molecule has 45 heavy (non-hydrogen) atoms. The van der Waals surface area contributed by atoms with Gasteiger partial charge in [0.25, 0.3) is 5.91 Å². The highest BCUT2D eigenvalue weighted by atomic mass is 79.9. The molecule has 3 unspecified atom stereocenters. The number of anilines is 1. The van der Waals surface area contributed by atoms with E-state index in [1.54, 1.807) is 27.6 Å². The number of likely N-dealkylation sites (tertiary alicyclic amines) is 1. The van der Waals surface area contributed by atoms with Gasteiger partial charge in [0.05, 0.1) is 35.8 Å². The van der Waals surface area contributed by atoms with Crippen molar-refractivity contribution in [1.82, 2.24) is 4.90 Å². The van der Waals surface area contributed by atoms with Crippen molar-refractivity contribution in [2.24, 2.45) is 11.8 Å². The van der Waals surface area contributed by atoms with E-state index in [-0.39, 0.29) is 47.6 Å². The predicted octanol–water partition coefficient (Wildman–Crippen LogP) is 5.79. The number of rotatable bonds is 14. The number of hydrogen-bond acceptors (Lipinski definition) is 6. The number of aryl methyl sites for hydroxylation is 2. The standard InChI is InChI=1S/C36H43BrN2O5S/c1-5-7-8-12-18-44-35(43)29-30-33(41)39(26(22-40)20-25-13-10-9-11-14-25)32(36(30)21-27(37)31(29)45-36)34(42)38(17-6-2)28-19-23(3)15-16-24(28)4/h5-6,9-11,13-16,19,26-27,29-32,40H,1-2,7-8,12,17-18,20-22H2,3-4H3/t26-,27?,29-,30+,31-,32?,36?/m1/s1. The minimum atomic E-state index is -0.892. The van der Waals surface area contributed by atoms with Gasteiger partial charge in [-0.3, -0.25) is 14.4 Å². The van der Waals surface area contributed by atoms with Crippen molar-refractivity contribution in [2.45, 2.75) is 72.9 Å². The fraction of sp³-hybridized carbons (Fsp3) is 0.472. The lowest BCUT2D eigenvalue weighted by Gasteiger charge is -2.40. The van der Waals surface area contributed by atoms with Gasteiger partial charge in [-0.15, -0.1) is 24.9 Å². The molecule has 2 aromatic carbocycles. The summed E-state index contributed by atoms with van der Waals surface area (Å²) in [5.74, 6) is -2.29. The third-order valence-corrected chi connectivity index (χ3v) is 12.7. The van der Waals surface area contributed by atoms with Crippen LogP contribution in [0.15, 0.2) is 73.8 Å². The van der Waals surface area contributed by atoms with Crippen molar-refractivity contribution in [3.8, 4) is 0 Å². The maximum Gasteiger partial charge on any atom is 0.310 e. The number of benzene rings is 2. The summed E-state index contributed by atoms with van der Waals surface area (Å²) in [6.45, 7) is 11.9. The summed E-state index contributed by atoms with van der Waals surface area (Å²) >= 11 is 5.42. The quantitative estimate of drug-likeness (QED) is 0.117. The van der Waals surface area contributed by atoms with E-state index in [9.17, 15) is 14.7 Å². The molecule has 0 aliphatic carbocycles. The number of carbonyl (C=O) groups excluding carboxylic acids is 3. The molecule has 0 radical (unpaired) electrons. The summed E-state index contributed by atoms with van der Waals surface area (Å²) in [4.78, 5) is 46.8. The molecule has 3 heterocycles. The number of halogens is 1. The van der Waals surface area contributed by atoms with Crippen LogP contribution in [0.5, 0.6) is 0 Å². The van der Waals surface area contributed by atoms with Crippen LogP contribution in [0.1, 0.15) is 42.4 Å². The second-order valence-corrected chi connectivity index (χ2v) is 15.1. The van der Waals surface area contributed by atoms with Crippen LogP contribution in [-0.2, 0) is 25.5 Å². The molecule has 1 spiro atoms. The van der Waals surface area contributed by atoms with E-state index >= 15 is 4.79 Å². The zero-order valence-corrected chi connectivity index (χ0v) is 28.5. The highest BCUT2D eigenvalue weighted by Gasteiger charge is 2.76.